The SMILES string of the molecule is CCC(C)C1NC(c2cccc(F)c2)N(C2CCC2)C1=O. The van der Waals surface area contributed by atoms with Crippen LogP contribution in [-0.2, 0) is 4.79 Å². The highest BCUT2D eigenvalue weighted by Crippen LogP contribution is 2.37. The summed E-state index contributed by atoms with van der Waals surface area (Å²) in [4.78, 5) is 14.7. The minimum Gasteiger partial charge on any atom is -0.319 e. The van der Waals surface area contributed by atoms with Gasteiger partial charge in [0.05, 0.1) is 6.04 Å². The lowest BCUT2D eigenvalue weighted by Crippen LogP contribution is -2.44. The van der Waals surface area contributed by atoms with Crippen molar-refractivity contribution < 1.29 is 9.18 Å². The fraction of sp³-hybridized carbons (Fsp3) is 0.588. The van der Waals surface area contributed by atoms with E-state index in [2.05, 4.69) is 19.2 Å². The van der Waals surface area contributed by atoms with Gasteiger partial charge in [0.15, 0.2) is 0 Å². The molecule has 1 amide bonds. The van der Waals surface area contributed by atoms with Crippen molar-refractivity contribution in [1.29, 1.82) is 0 Å². The van der Waals surface area contributed by atoms with E-state index in [1.54, 1.807) is 6.07 Å². The number of nitrogens with one attached hydrogen (secondary N) is 1. The Morgan fingerprint density at radius 3 is 2.76 bits per heavy atom. The third-order valence-electron chi connectivity index (χ3n) is 4.98. The Bertz CT molecular complexity index is 529. The first kappa shape index (κ1) is 14.5. The number of hydrogen-bond donors (Lipinski definition) is 1. The van der Waals surface area contributed by atoms with Crippen molar-refractivity contribution in [3.63, 3.8) is 0 Å². The van der Waals surface area contributed by atoms with Crippen LogP contribution in [-0.4, -0.2) is 22.9 Å². The Hall–Kier alpha value is -1.42. The Kier molecular flexibility index (Phi) is 3.98. The van der Waals surface area contributed by atoms with Crippen LogP contribution in [0.5, 0.6) is 0 Å². The Balaban J connectivity index is 1.91. The zero-order valence-corrected chi connectivity index (χ0v) is 12.7. The average molecular weight is 290 g/mol. The minimum absolute atomic E-state index is 0.149. The zero-order valence-electron chi connectivity index (χ0n) is 12.7. The molecule has 2 aliphatic rings. The smallest absolute Gasteiger partial charge is 0.241 e. The maximum atomic E-state index is 13.5. The van der Waals surface area contributed by atoms with Gasteiger partial charge >= 0.3 is 0 Å². The molecule has 1 aromatic rings. The van der Waals surface area contributed by atoms with Crippen LogP contribution >= 0.6 is 0 Å². The summed E-state index contributed by atoms with van der Waals surface area (Å²) < 4.78 is 13.5. The molecule has 1 aliphatic heterocycles. The molecule has 0 aromatic heterocycles. The van der Waals surface area contributed by atoms with Gasteiger partial charge in [-0.1, -0.05) is 32.4 Å². The second-order valence-electron chi connectivity index (χ2n) is 6.32. The van der Waals surface area contributed by atoms with Crippen LogP contribution in [0.3, 0.4) is 0 Å². The van der Waals surface area contributed by atoms with Gasteiger partial charge in [0, 0.05) is 6.04 Å². The van der Waals surface area contributed by atoms with Crippen molar-refractivity contribution in [2.24, 2.45) is 5.92 Å². The van der Waals surface area contributed by atoms with Gasteiger partial charge in [0.25, 0.3) is 0 Å². The molecule has 1 saturated heterocycles. The summed E-state index contributed by atoms with van der Waals surface area (Å²) in [6, 6.07) is 6.76. The second kappa shape index (κ2) is 5.76. The van der Waals surface area contributed by atoms with E-state index in [1.807, 2.05) is 11.0 Å². The first-order valence-electron chi connectivity index (χ1n) is 7.95. The van der Waals surface area contributed by atoms with Gasteiger partial charge in [0.1, 0.15) is 12.0 Å². The van der Waals surface area contributed by atoms with E-state index in [4.69, 9.17) is 0 Å². The van der Waals surface area contributed by atoms with E-state index >= 15 is 0 Å². The molecule has 3 rings (SSSR count). The first-order chi connectivity index (χ1) is 10.1. The Labute approximate surface area is 125 Å². The molecule has 1 aromatic carbocycles. The summed E-state index contributed by atoms with van der Waals surface area (Å²) in [5, 5.41) is 3.44. The highest BCUT2D eigenvalue weighted by molar-refractivity contribution is 5.85. The van der Waals surface area contributed by atoms with Gasteiger partial charge in [-0.05, 0) is 42.9 Å². The van der Waals surface area contributed by atoms with E-state index in [-0.39, 0.29) is 23.9 Å². The fourth-order valence-corrected chi connectivity index (χ4v) is 3.24. The van der Waals surface area contributed by atoms with E-state index < -0.39 is 0 Å². The molecule has 2 fully saturated rings. The molecule has 0 spiro atoms. The van der Waals surface area contributed by atoms with Gasteiger partial charge in [-0.3, -0.25) is 10.1 Å². The maximum absolute atomic E-state index is 13.5. The Morgan fingerprint density at radius 1 is 1.43 bits per heavy atom. The number of benzene rings is 1. The standard InChI is InChI=1S/C17H23FN2O/c1-3-11(2)15-17(21)20(14-8-5-9-14)16(19-15)12-6-4-7-13(18)10-12/h4,6-7,10-11,14-16,19H,3,5,8-9H2,1-2H3. The number of carbonyl (C=O) groups is 1. The molecule has 0 radical (unpaired) electrons. The molecule has 0 bridgehead atoms. The highest BCUT2D eigenvalue weighted by atomic mass is 19.1. The van der Waals surface area contributed by atoms with Crippen LogP contribution in [0.15, 0.2) is 24.3 Å². The first-order valence-corrected chi connectivity index (χ1v) is 7.95. The molecule has 3 nitrogen and oxygen atoms in total. The zero-order chi connectivity index (χ0) is 15.0. The van der Waals surface area contributed by atoms with Gasteiger partial charge in [-0.15, -0.1) is 0 Å². The van der Waals surface area contributed by atoms with Crippen LogP contribution in [0.2, 0.25) is 0 Å². The van der Waals surface area contributed by atoms with Crippen LogP contribution in [0, 0.1) is 11.7 Å². The lowest BCUT2D eigenvalue weighted by molar-refractivity contribution is -0.134. The summed E-state index contributed by atoms with van der Waals surface area (Å²) >= 11 is 0. The molecule has 1 aliphatic carbocycles. The van der Waals surface area contributed by atoms with Gasteiger partial charge < -0.3 is 4.90 Å². The highest BCUT2D eigenvalue weighted by Gasteiger charge is 2.46. The number of amides is 1. The normalized spacial score (nSPS) is 27.8. The minimum atomic E-state index is -0.248. The van der Waals surface area contributed by atoms with E-state index in [0.29, 0.717) is 12.0 Å². The summed E-state index contributed by atoms with van der Waals surface area (Å²) in [5.74, 6) is 0.226. The monoisotopic (exact) mass is 290 g/mol. The summed E-state index contributed by atoms with van der Waals surface area (Å²) in [7, 11) is 0. The maximum Gasteiger partial charge on any atom is 0.241 e. The molecule has 3 atom stereocenters. The topological polar surface area (TPSA) is 32.3 Å². The van der Waals surface area contributed by atoms with E-state index in [1.165, 1.54) is 18.6 Å². The van der Waals surface area contributed by atoms with Gasteiger partial charge in [0.2, 0.25) is 5.91 Å². The summed E-state index contributed by atoms with van der Waals surface area (Å²) in [6.45, 7) is 4.20. The fourth-order valence-electron chi connectivity index (χ4n) is 3.24. The summed E-state index contributed by atoms with van der Waals surface area (Å²) in [5.41, 5.74) is 0.848. The average Bonchev–Trinajstić information content (AvgIpc) is 2.75. The molecular formula is C17H23FN2O. The predicted molar refractivity (Wildman–Crippen MR) is 80.0 cm³/mol. The van der Waals surface area contributed by atoms with Crippen LogP contribution in [0.25, 0.3) is 0 Å². The molecule has 1 saturated carbocycles. The third-order valence-corrected chi connectivity index (χ3v) is 4.98. The largest absolute Gasteiger partial charge is 0.319 e. The van der Waals surface area contributed by atoms with E-state index in [0.717, 1.165) is 24.8 Å². The number of carbonyl (C=O) groups excluding carboxylic acids is 1. The van der Waals surface area contributed by atoms with Crippen molar-refractivity contribution in [3.05, 3.63) is 35.6 Å². The number of nitrogens with zero attached hydrogens (tertiary/aromatic N) is 1. The van der Waals surface area contributed by atoms with Crippen molar-refractivity contribution >= 4 is 5.91 Å². The molecule has 1 N–H and O–H groups in total. The molecule has 3 unspecified atom stereocenters. The van der Waals surface area contributed by atoms with Crippen molar-refractivity contribution in [3.8, 4) is 0 Å². The molecule has 4 heteroatoms. The number of hydrogen-bond acceptors (Lipinski definition) is 2. The van der Waals surface area contributed by atoms with Crippen LogP contribution in [0.1, 0.15) is 51.3 Å². The predicted octanol–water partition coefficient (Wildman–Crippen LogP) is 3.22. The number of rotatable bonds is 4. The lowest BCUT2D eigenvalue weighted by atomic mass is 9.90. The molecular weight excluding hydrogens is 267 g/mol. The molecule has 1 heterocycles. The van der Waals surface area contributed by atoms with E-state index in [9.17, 15) is 9.18 Å². The number of halogens is 1. The van der Waals surface area contributed by atoms with Crippen molar-refractivity contribution in [2.75, 3.05) is 0 Å². The van der Waals surface area contributed by atoms with Crippen LogP contribution < -0.4 is 5.32 Å². The van der Waals surface area contributed by atoms with Crippen molar-refractivity contribution in [2.45, 2.75) is 57.8 Å². The lowest BCUT2D eigenvalue weighted by Gasteiger charge is -2.38. The van der Waals surface area contributed by atoms with Gasteiger partial charge in [-0.2, -0.15) is 0 Å². The van der Waals surface area contributed by atoms with Crippen LogP contribution in [0.4, 0.5) is 4.39 Å². The quantitative estimate of drug-likeness (QED) is 0.923. The molecule has 21 heavy (non-hydrogen) atoms. The van der Waals surface area contributed by atoms with Crippen molar-refractivity contribution in [1.82, 2.24) is 10.2 Å². The molecule has 114 valence electrons. The second-order valence-corrected chi connectivity index (χ2v) is 6.32. The summed E-state index contributed by atoms with van der Waals surface area (Å²) in [6.07, 6.45) is 4.08. The van der Waals surface area contributed by atoms with Gasteiger partial charge in [-0.25, -0.2) is 4.39 Å². The Morgan fingerprint density at radius 2 is 2.19 bits per heavy atom. The third kappa shape index (κ3) is 2.57.